The molecule has 3 aromatic rings. The van der Waals surface area contributed by atoms with Gasteiger partial charge in [0.05, 0.1) is 12.9 Å². The third-order valence-corrected chi connectivity index (χ3v) is 5.05. The van der Waals surface area contributed by atoms with Gasteiger partial charge in [-0.15, -0.1) is 0 Å². The van der Waals surface area contributed by atoms with Gasteiger partial charge in [0.1, 0.15) is 0 Å². The fraction of sp³-hybridized carbons (Fsp3) is 0.238. The van der Waals surface area contributed by atoms with Crippen LogP contribution >= 0.6 is 11.8 Å². The second-order valence-corrected chi connectivity index (χ2v) is 7.45. The van der Waals surface area contributed by atoms with Crippen LogP contribution in [0.1, 0.15) is 11.1 Å². The maximum Gasteiger partial charge on any atom is 0.387 e. The van der Waals surface area contributed by atoms with Gasteiger partial charge in [0.15, 0.2) is 16.7 Å². The summed E-state index contributed by atoms with van der Waals surface area (Å²) in [6, 6.07) is 10.5. The Labute approximate surface area is 177 Å². The van der Waals surface area contributed by atoms with Gasteiger partial charge in [0, 0.05) is 29.8 Å². The van der Waals surface area contributed by atoms with Crippen LogP contribution in [0.25, 0.3) is 5.69 Å². The highest BCUT2D eigenvalue weighted by molar-refractivity contribution is 7.99. The highest BCUT2D eigenvalue weighted by atomic mass is 32.2. The SMILES string of the molecule is COc1ccc(NC(=O)CSc2nccn2-c2cc(C)cc(C)c2)cc1OC(F)F. The molecule has 0 fully saturated rings. The first-order valence-electron chi connectivity index (χ1n) is 9.03. The number of rotatable bonds is 8. The topological polar surface area (TPSA) is 65.4 Å². The first-order chi connectivity index (χ1) is 14.4. The number of ether oxygens (including phenoxy) is 2. The summed E-state index contributed by atoms with van der Waals surface area (Å²) in [6.07, 6.45) is 3.52. The molecule has 3 rings (SSSR count). The molecule has 0 saturated heterocycles. The van der Waals surface area contributed by atoms with E-state index in [9.17, 15) is 13.6 Å². The van der Waals surface area contributed by atoms with Gasteiger partial charge in [-0.3, -0.25) is 9.36 Å². The lowest BCUT2D eigenvalue weighted by atomic mass is 10.1. The molecule has 0 unspecified atom stereocenters. The molecule has 0 saturated carbocycles. The van der Waals surface area contributed by atoms with E-state index in [0.717, 1.165) is 16.8 Å². The molecule has 9 heteroatoms. The van der Waals surface area contributed by atoms with Crippen molar-refractivity contribution in [3.8, 4) is 17.2 Å². The summed E-state index contributed by atoms with van der Waals surface area (Å²) in [5.74, 6) is -0.205. The third-order valence-electron chi connectivity index (χ3n) is 4.09. The number of methoxy groups -OCH3 is 1. The molecule has 0 aliphatic heterocycles. The smallest absolute Gasteiger partial charge is 0.387 e. The minimum absolute atomic E-state index is 0.0961. The van der Waals surface area contributed by atoms with Gasteiger partial charge in [-0.2, -0.15) is 8.78 Å². The molecule has 30 heavy (non-hydrogen) atoms. The van der Waals surface area contributed by atoms with Crippen LogP contribution in [0.3, 0.4) is 0 Å². The minimum Gasteiger partial charge on any atom is -0.493 e. The molecular formula is C21H21F2N3O3S. The van der Waals surface area contributed by atoms with Crippen LogP contribution in [0.2, 0.25) is 0 Å². The summed E-state index contributed by atoms with van der Waals surface area (Å²) >= 11 is 1.27. The summed E-state index contributed by atoms with van der Waals surface area (Å²) in [4.78, 5) is 16.7. The third kappa shape index (κ3) is 5.50. The van der Waals surface area contributed by atoms with Crippen LogP contribution in [-0.4, -0.2) is 34.9 Å². The number of anilines is 1. The molecule has 0 radical (unpaired) electrons. The molecule has 2 aromatic carbocycles. The molecule has 0 bridgehead atoms. The van der Waals surface area contributed by atoms with Crippen molar-refractivity contribution in [1.29, 1.82) is 0 Å². The van der Waals surface area contributed by atoms with E-state index >= 15 is 0 Å². The Morgan fingerprint density at radius 1 is 1.17 bits per heavy atom. The van der Waals surface area contributed by atoms with E-state index in [0.29, 0.717) is 10.8 Å². The van der Waals surface area contributed by atoms with Crippen molar-refractivity contribution in [3.05, 3.63) is 59.9 Å². The number of alkyl halides is 2. The van der Waals surface area contributed by atoms with Crippen molar-refractivity contribution in [2.75, 3.05) is 18.2 Å². The Morgan fingerprint density at radius 2 is 1.90 bits per heavy atom. The van der Waals surface area contributed by atoms with Gasteiger partial charge in [-0.1, -0.05) is 17.8 Å². The fourth-order valence-corrected chi connectivity index (χ4v) is 3.73. The average molecular weight is 433 g/mol. The Morgan fingerprint density at radius 3 is 2.57 bits per heavy atom. The zero-order valence-electron chi connectivity index (χ0n) is 16.7. The van der Waals surface area contributed by atoms with Gasteiger partial charge >= 0.3 is 6.61 Å². The fourth-order valence-electron chi connectivity index (χ4n) is 2.95. The molecule has 158 valence electrons. The zero-order chi connectivity index (χ0) is 21.7. The molecule has 0 aliphatic rings. The number of carbonyl (C=O) groups excluding carboxylic acids is 1. The summed E-state index contributed by atoms with van der Waals surface area (Å²) in [6.45, 7) is 1.05. The van der Waals surface area contributed by atoms with Crippen molar-refractivity contribution >= 4 is 23.4 Å². The van der Waals surface area contributed by atoms with E-state index in [1.807, 2.05) is 36.7 Å². The number of amides is 1. The van der Waals surface area contributed by atoms with Crippen molar-refractivity contribution in [2.45, 2.75) is 25.6 Å². The largest absolute Gasteiger partial charge is 0.493 e. The van der Waals surface area contributed by atoms with E-state index in [4.69, 9.17) is 4.74 Å². The first-order valence-corrected chi connectivity index (χ1v) is 10.0. The number of thioether (sulfide) groups is 1. The summed E-state index contributed by atoms with van der Waals surface area (Å²) < 4.78 is 36.5. The van der Waals surface area contributed by atoms with Crippen LogP contribution in [0, 0.1) is 13.8 Å². The van der Waals surface area contributed by atoms with Crippen LogP contribution in [0.15, 0.2) is 53.9 Å². The number of halogens is 2. The Hall–Kier alpha value is -3.07. The standard InChI is InChI=1S/C21H21F2N3O3S/c1-13-8-14(2)10-16(9-13)26-7-6-24-21(26)30-12-19(27)25-15-4-5-17(28-3)18(11-15)29-20(22)23/h4-11,20H,12H2,1-3H3,(H,25,27). The predicted octanol–water partition coefficient (Wildman–Crippen LogP) is 4.83. The normalized spacial score (nSPS) is 10.9. The highest BCUT2D eigenvalue weighted by Gasteiger charge is 2.14. The van der Waals surface area contributed by atoms with Crippen LogP contribution in [0.4, 0.5) is 14.5 Å². The van der Waals surface area contributed by atoms with Gasteiger partial charge in [0.25, 0.3) is 0 Å². The quantitative estimate of drug-likeness (QED) is 0.516. The Bertz CT molecular complexity index is 1020. The summed E-state index contributed by atoms with van der Waals surface area (Å²) in [5, 5.41) is 3.34. The molecule has 6 nitrogen and oxygen atoms in total. The van der Waals surface area contributed by atoms with Crippen LogP contribution in [-0.2, 0) is 4.79 Å². The number of aryl methyl sites for hydroxylation is 2. The lowest BCUT2D eigenvalue weighted by Gasteiger charge is -2.12. The zero-order valence-corrected chi connectivity index (χ0v) is 17.5. The summed E-state index contributed by atoms with van der Waals surface area (Å²) in [5.41, 5.74) is 3.56. The molecule has 0 aliphatic carbocycles. The minimum atomic E-state index is -3.00. The monoisotopic (exact) mass is 433 g/mol. The molecule has 0 spiro atoms. The van der Waals surface area contributed by atoms with Crippen molar-refractivity contribution in [2.24, 2.45) is 0 Å². The summed E-state index contributed by atoms with van der Waals surface area (Å²) in [7, 11) is 1.35. The number of hydrogen-bond acceptors (Lipinski definition) is 5. The lowest BCUT2D eigenvalue weighted by Crippen LogP contribution is -2.15. The van der Waals surface area contributed by atoms with Crippen LogP contribution in [0.5, 0.6) is 11.5 Å². The Balaban J connectivity index is 1.67. The van der Waals surface area contributed by atoms with Gasteiger partial charge in [0.2, 0.25) is 5.91 Å². The molecular weight excluding hydrogens is 412 g/mol. The molecule has 1 heterocycles. The second kappa shape index (κ2) is 9.62. The molecule has 0 atom stereocenters. The number of aromatic nitrogens is 2. The molecule has 1 amide bonds. The maximum atomic E-state index is 12.6. The van der Waals surface area contributed by atoms with Crippen molar-refractivity contribution in [3.63, 3.8) is 0 Å². The van der Waals surface area contributed by atoms with Gasteiger partial charge in [-0.25, -0.2) is 4.98 Å². The van der Waals surface area contributed by atoms with E-state index in [1.165, 1.54) is 31.0 Å². The number of hydrogen-bond donors (Lipinski definition) is 1. The number of benzene rings is 2. The average Bonchev–Trinajstić information content (AvgIpc) is 3.14. The van der Waals surface area contributed by atoms with E-state index in [1.54, 1.807) is 12.3 Å². The van der Waals surface area contributed by atoms with Gasteiger partial charge < -0.3 is 14.8 Å². The van der Waals surface area contributed by atoms with E-state index in [2.05, 4.69) is 21.1 Å². The van der Waals surface area contributed by atoms with Crippen molar-refractivity contribution in [1.82, 2.24) is 9.55 Å². The van der Waals surface area contributed by atoms with Gasteiger partial charge in [-0.05, 0) is 49.2 Å². The van der Waals surface area contributed by atoms with Crippen LogP contribution < -0.4 is 14.8 Å². The number of carbonyl (C=O) groups is 1. The predicted molar refractivity (Wildman–Crippen MR) is 112 cm³/mol. The number of nitrogens with zero attached hydrogens (tertiary/aromatic N) is 2. The molecule has 1 N–H and O–H groups in total. The number of imidazole rings is 1. The second-order valence-electron chi connectivity index (χ2n) is 6.51. The first kappa shape index (κ1) is 21.6. The van der Waals surface area contributed by atoms with E-state index in [-0.39, 0.29) is 23.2 Å². The van der Waals surface area contributed by atoms with E-state index < -0.39 is 6.61 Å². The highest BCUT2D eigenvalue weighted by Crippen LogP contribution is 2.31. The maximum absolute atomic E-state index is 12.6. The molecule has 1 aromatic heterocycles. The Kier molecular flexibility index (Phi) is 6.94. The van der Waals surface area contributed by atoms with Crippen molar-refractivity contribution < 1.29 is 23.0 Å². The lowest BCUT2D eigenvalue weighted by molar-refractivity contribution is -0.113. The number of nitrogens with one attached hydrogen (secondary N) is 1.